The summed E-state index contributed by atoms with van der Waals surface area (Å²) in [5.74, 6) is 3.30. The van der Waals surface area contributed by atoms with Crippen molar-refractivity contribution in [1.29, 1.82) is 0 Å². The summed E-state index contributed by atoms with van der Waals surface area (Å²) in [6.07, 6.45) is 3.91. The first-order valence-electron chi connectivity index (χ1n) is 37.4. The van der Waals surface area contributed by atoms with Crippen molar-refractivity contribution in [2.24, 2.45) is 0 Å². The Kier molecular flexibility index (Phi) is 14.3. The van der Waals surface area contributed by atoms with Gasteiger partial charge in [0.15, 0.2) is 11.6 Å². The zero-order valence-electron chi connectivity index (χ0n) is 59.4. The molecule has 0 saturated carbocycles. The third-order valence-corrected chi connectivity index (χ3v) is 22.9. The Morgan fingerprint density at radius 2 is 0.600 bits per heavy atom. The molecule has 2 spiro atoms. The zero-order chi connectivity index (χ0) is 72.4. The van der Waals surface area contributed by atoms with Crippen molar-refractivity contribution in [1.82, 2.24) is 24.9 Å². The van der Waals surface area contributed by atoms with Crippen LogP contribution < -0.4 is 0 Å². The maximum absolute atomic E-state index is 7.06. The second kappa shape index (κ2) is 25.1. The van der Waals surface area contributed by atoms with Crippen LogP contribution in [0.2, 0.25) is 0 Å². The average molecular weight is 1400 g/mol. The van der Waals surface area contributed by atoms with E-state index in [2.05, 4.69) is 339 Å². The van der Waals surface area contributed by atoms with Crippen molar-refractivity contribution >= 4 is 21.9 Å². The number of fused-ring (bicyclic) bond motifs is 24. The van der Waals surface area contributed by atoms with Gasteiger partial charge in [-0.15, -0.1) is 0 Å². The topological polar surface area (TPSA) is 90.7 Å². The van der Waals surface area contributed by atoms with Crippen molar-refractivity contribution < 1.29 is 8.83 Å². The monoisotopic (exact) mass is 1400 g/mol. The Labute approximate surface area is 635 Å². The van der Waals surface area contributed by atoms with E-state index in [4.69, 9.17) is 28.8 Å². The van der Waals surface area contributed by atoms with Gasteiger partial charge in [-0.1, -0.05) is 322 Å². The summed E-state index contributed by atoms with van der Waals surface area (Å²) in [6, 6.07) is 131. The number of aromatic nitrogens is 5. The van der Waals surface area contributed by atoms with Crippen LogP contribution in [0.3, 0.4) is 0 Å². The highest BCUT2D eigenvalue weighted by atomic mass is 16.3. The summed E-state index contributed by atoms with van der Waals surface area (Å²) in [4.78, 5) is 25.7. The van der Waals surface area contributed by atoms with Crippen LogP contribution in [0.4, 0.5) is 0 Å². The molecule has 0 bridgehead atoms. The molecule has 1 unspecified atom stereocenters. The molecule has 14 aromatic carbocycles. The summed E-state index contributed by atoms with van der Waals surface area (Å²) >= 11 is 0. The first kappa shape index (κ1) is 62.8. The lowest BCUT2D eigenvalue weighted by molar-refractivity contribution is 0.506. The molecule has 0 N–H and O–H groups in total. The Bertz CT molecular complexity index is 6830. The standard InChI is InChI=1S/C55H34N2O.C48H29N3O/c1-3-16-35(17-4-1)37-20-13-22-39(32-37)49-34-48(36-18-5-2-6-19-36)56-54(57-49)40-23-14-21-38(33-40)41-27-15-30-47-51(41)52-44-26-9-12-31-50(44)58-53(52)55(47)45-28-10-7-24-42(45)43-25-8-11-29-46(43)55;1-3-13-30(14-4-1)32-17-11-18-33(27-32)41-28-42(51-47(50-41)31-15-5-2-6-16-31)35-21-12-22-37-44-36-20-8-10-24-43(36)52-46(44)48(45(35)37)39-23-9-7-19-34(39)38-29-49-26-25-40(38)48/h1-34H;1-29H. The van der Waals surface area contributed by atoms with E-state index in [0.29, 0.717) is 11.6 Å². The van der Waals surface area contributed by atoms with Gasteiger partial charge in [0.2, 0.25) is 0 Å². The molecule has 4 aliphatic carbocycles. The third kappa shape index (κ3) is 9.54. The van der Waals surface area contributed by atoms with Crippen LogP contribution in [-0.4, -0.2) is 24.9 Å². The van der Waals surface area contributed by atoms with E-state index in [1.165, 1.54) is 72.3 Å². The van der Waals surface area contributed by atoms with Gasteiger partial charge in [0.1, 0.15) is 33.5 Å². The summed E-state index contributed by atoms with van der Waals surface area (Å²) in [5.41, 5.74) is 33.7. The van der Waals surface area contributed by atoms with E-state index in [1.54, 1.807) is 0 Å². The molecule has 0 radical (unpaired) electrons. The Morgan fingerprint density at radius 3 is 1.22 bits per heavy atom. The molecule has 512 valence electrons. The van der Waals surface area contributed by atoms with Gasteiger partial charge in [-0.2, -0.15) is 0 Å². The quantitative estimate of drug-likeness (QED) is 0.142. The highest BCUT2D eigenvalue weighted by Gasteiger charge is 2.58. The first-order chi connectivity index (χ1) is 54.5. The van der Waals surface area contributed by atoms with Crippen LogP contribution in [0.25, 0.3) is 168 Å². The maximum atomic E-state index is 7.06. The highest BCUT2D eigenvalue weighted by molar-refractivity contribution is 6.10. The number of furan rings is 2. The molecule has 1 atom stereocenters. The molecule has 110 heavy (non-hydrogen) atoms. The number of para-hydroxylation sites is 2. The van der Waals surface area contributed by atoms with Gasteiger partial charge in [0, 0.05) is 73.2 Å². The van der Waals surface area contributed by atoms with Crippen molar-refractivity contribution in [2.45, 2.75) is 10.8 Å². The molecule has 0 amide bonds. The molecule has 0 aliphatic heterocycles. The van der Waals surface area contributed by atoms with E-state index >= 15 is 0 Å². The number of benzene rings is 14. The van der Waals surface area contributed by atoms with Crippen LogP contribution in [0, 0.1) is 0 Å². The van der Waals surface area contributed by atoms with Gasteiger partial charge < -0.3 is 8.83 Å². The highest BCUT2D eigenvalue weighted by Crippen LogP contribution is 2.68. The fraction of sp³-hybridized carbons (Fsp3) is 0.0194. The molecule has 4 aliphatic rings. The van der Waals surface area contributed by atoms with E-state index in [0.717, 1.165) is 129 Å². The van der Waals surface area contributed by atoms with E-state index < -0.39 is 10.8 Å². The second-order valence-electron chi connectivity index (χ2n) is 28.7. The Hall–Kier alpha value is -14.5. The van der Waals surface area contributed by atoms with E-state index in [9.17, 15) is 0 Å². The third-order valence-electron chi connectivity index (χ3n) is 22.9. The average Bonchev–Trinajstić information content (AvgIpc) is 1.50. The smallest absolute Gasteiger partial charge is 0.160 e. The van der Waals surface area contributed by atoms with Crippen molar-refractivity contribution in [2.75, 3.05) is 0 Å². The minimum atomic E-state index is -0.708. The fourth-order valence-electron chi connectivity index (χ4n) is 18.3. The molecule has 23 rings (SSSR count). The molecule has 7 heteroatoms. The van der Waals surface area contributed by atoms with Gasteiger partial charge >= 0.3 is 0 Å². The number of hydrogen-bond donors (Lipinski definition) is 0. The Balaban J connectivity index is 0.000000136. The van der Waals surface area contributed by atoms with Crippen LogP contribution in [-0.2, 0) is 10.8 Å². The summed E-state index contributed by atoms with van der Waals surface area (Å²) in [5, 5.41) is 2.24. The summed E-state index contributed by atoms with van der Waals surface area (Å²) in [6.45, 7) is 0. The number of rotatable bonds is 9. The van der Waals surface area contributed by atoms with Gasteiger partial charge in [-0.25, -0.2) is 19.9 Å². The first-order valence-corrected chi connectivity index (χ1v) is 37.4. The number of hydrogen-bond acceptors (Lipinski definition) is 7. The predicted octanol–water partition coefficient (Wildman–Crippen LogP) is 25.5. The molecular formula is C103H63N5O2. The lowest BCUT2D eigenvalue weighted by atomic mass is 9.71. The van der Waals surface area contributed by atoms with Crippen molar-refractivity contribution in [3.8, 4) is 146 Å². The van der Waals surface area contributed by atoms with E-state index in [1.807, 2.05) is 48.8 Å². The van der Waals surface area contributed by atoms with Crippen LogP contribution >= 0.6 is 0 Å². The molecule has 7 nitrogen and oxygen atoms in total. The van der Waals surface area contributed by atoms with Gasteiger partial charge in [0.25, 0.3) is 0 Å². The molecule has 5 aromatic heterocycles. The lowest BCUT2D eigenvalue weighted by Gasteiger charge is -2.30. The van der Waals surface area contributed by atoms with Gasteiger partial charge in [0.05, 0.1) is 22.8 Å². The Morgan fingerprint density at radius 1 is 0.218 bits per heavy atom. The van der Waals surface area contributed by atoms with Gasteiger partial charge in [-0.05, 0) is 143 Å². The predicted molar refractivity (Wildman–Crippen MR) is 443 cm³/mol. The SMILES string of the molecule is c1ccc(-c2cccc(-c3cc(-c4cccc5c4C4(c6ccccc6-c6cnccc64)c4oc6ccccc6c4-5)nc(-c4ccccc4)n3)c2)cc1.c1ccc(-c2cccc(-c3cc(-c4ccccc4)nc(-c4cccc(-c5cccc6c5-c5c(oc7ccccc57)C65c6ccccc6-c6ccccc65)c4)n3)c2)cc1. The van der Waals surface area contributed by atoms with Gasteiger partial charge in [-0.3, -0.25) is 4.98 Å². The zero-order valence-corrected chi connectivity index (χ0v) is 59.4. The lowest BCUT2D eigenvalue weighted by Crippen LogP contribution is -2.26. The molecule has 5 heterocycles. The van der Waals surface area contributed by atoms with E-state index in [-0.39, 0.29) is 0 Å². The largest absolute Gasteiger partial charge is 0.459 e. The molecule has 0 fully saturated rings. The summed E-state index contributed by atoms with van der Waals surface area (Å²) in [7, 11) is 0. The summed E-state index contributed by atoms with van der Waals surface area (Å²) < 4.78 is 14.1. The van der Waals surface area contributed by atoms with Crippen molar-refractivity contribution in [3.63, 3.8) is 0 Å². The normalized spacial score (nSPS) is 13.9. The molecule has 0 saturated heterocycles. The fourth-order valence-corrected chi connectivity index (χ4v) is 18.3. The van der Waals surface area contributed by atoms with Crippen LogP contribution in [0.1, 0.15) is 44.9 Å². The van der Waals surface area contributed by atoms with Crippen LogP contribution in [0.5, 0.6) is 0 Å². The molecular weight excluding hydrogens is 1340 g/mol. The minimum absolute atomic E-state index is 0.583. The minimum Gasteiger partial charge on any atom is -0.459 e. The van der Waals surface area contributed by atoms with Crippen molar-refractivity contribution in [3.05, 3.63) is 427 Å². The molecule has 19 aromatic rings. The van der Waals surface area contributed by atoms with Crippen LogP contribution in [0.15, 0.2) is 391 Å². The number of pyridine rings is 1. The second-order valence-corrected chi connectivity index (χ2v) is 28.7. The number of nitrogens with zero attached hydrogens (tertiary/aromatic N) is 5. The maximum Gasteiger partial charge on any atom is 0.160 e.